The summed E-state index contributed by atoms with van der Waals surface area (Å²) in [5, 5.41) is 0. The molecule has 12 heavy (non-hydrogen) atoms. The molecule has 0 fully saturated rings. The Morgan fingerprint density at radius 3 is 2.50 bits per heavy atom. The fourth-order valence-corrected chi connectivity index (χ4v) is 0.687. The summed E-state index contributed by atoms with van der Waals surface area (Å²) >= 11 is 0. The van der Waals surface area contributed by atoms with Crippen molar-refractivity contribution in [1.82, 2.24) is 0 Å². The first kappa shape index (κ1) is 8.13. The zero-order valence-corrected chi connectivity index (χ0v) is 6.37. The number of nitrogens with two attached hydrogens (primary N) is 1. The maximum atomic E-state index is 9.94. The summed E-state index contributed by atoms with van der Waals surface area (Å²) < 4.78 is 0. The van der Waals surface area contributed by atoms with Crippen molar-refractivity contribution in [2.75, 3.05) is 0 Å². The zero-order chi connectivity index (χ0) is 8.81. The molecule has 1 aromatic carbocycles. The Bertz CT molecular complexity index is 364. The topological polar surface area (TPSA) is 43.1 Å². The molecule has 0 aliphatic carbocycles. The van der Waals surface area contributed by atoms with Crippen LogP contribution in [-0.2, 0) is 4.79 Å². The van der Waals surface area contributed by atoms with Gasteiger partial charge in [-0.15, -0.1) is 0 Å². The van der Waals surface area contributed by atoms with Crippen LogP contribution in [0, 0.1) is 11.8 Å². The van der Waals surface area contributed by atoms with Crippen LogP contribution in [0.3, 0.4) is 0 Å². The van der Waals surface area contributed by atoms with Crippen molar-refractivity contribution in [3.8, 4) is 11.8 Å². The molecule has 0 saturated carbocycles. The van der Waals surface area contributed by atoms with Gasteiger partial charge in [-0.1, -0.05) is 24.1 Å². The predicted octanol–water partition coefficient (Wildman–Crippen LogP) is 0.712. The fourth-order valence-electron chi connectivity index (χ4n) is 0.687. The molecular formula is C10H7NO. The molecule has 58 valence electrons. The SMILES string of the molecule is NC(=C=O)C#Cc1ccccc1. The minimum atomic E-state index is -0.0705. The molecule has 0 radical (unpaired) electrons. The smallest absolute Gasteiger partial charge is 0.169 e. The van der Waals surface area contributed by atoms with Gasteiger partial charge in [0.05, 0.1) is 0 Å². The number of hydrogen-bond acceptors (Lipinski definition) is 2. The molecule has 0 aliphatic rings. The van der Waals surface area contributed by atoms with E-state index in [4.69, 9.17) is 5.73 Å². The summed E-state index contributed by atoms with van der Waals surface area (Å²) in [4.78, 5) is 9.94. The van der Waals surface area contributed by atoms with Crippen LogP contribution < -0.4 is 5.73 Å². The van der Waals surface area contributed by atoms with Crippen LogP contribution in [0.1, 0.15) is 5.56 Å². The van der Waals surface area contributed by atoms with Crippen molar-refractivity contribution in [3.63, 3.8) is 0 Å². The molecule has 1 rings (SSSR count). The Morgan fingerprint density at radius 1 is 1.25 bits per heavy atom. The highest BCUT2D eigenvalue weighted by molar-refractivity contribution is 5.59. The van der Waals surface area contributed by atoms with Gasteiger partial charge in [-0.25, -0.2) is 4.79 Å². The van der Waals surface area contributed by atoms with Crippen molar-refractivity contribution in [1.29, 1.82) is 0 Å². The van der Waals surface area contributed by atoms with E-state index in [0.717, 1.165) is 5.56 Å². The van der Waals surface area contributed by atoms with E-state index in [2.05, 4.69) is 11.8 Å². The minimum absolute atomic E-state index is 0.0705. The zero-order valence-electron chi connectivity index (χ0n) is 6.37. The summed E-state index contributed by atoms with van der Waals surface area (Å²) in [6.07, 6.45) is 0. The van der Waals surface area contributed by atoms with Crippen LogP contribution in [0.5, 0.6) is 0 Å². The fraction of sp³-hybridized carbons (Fsp3) is 0. The van der Waals surface area contributed by atoms with Crippen LogP contribution in [0.15, 0.2) is 36.0 Å². The molecule has 0 bridgehead atoms. The van der Waals surface area contributed by atoms with Gasteiger partial charge in [0.1, 0.15) is 0 Å². The van der Waals surface area contributed by atoms with Crippen LogP contribution in [0.2, 0.25) is 0 Å². The van der Waals surface area contributed by atoms with Crippen molar-refractivity contribution >= 4 is 5.94 Å². The van der Waals surface area contributed by atoms with Gasteiger partial charge in [0.2, 0.25) is 0 Å². The van der Waals surface area contributed by atoms with Crippen molar-refractivity contribution in [2.24, 2.45) is 5.73 Å². The number of allylic oxidation sites excluding steroid dienone is 1. The minimum Gasteiger partial charge on any atom is -0.383 e. The van der Waals surface area contributed by atoms with Gasteiger partial charge >= 0.3 is 0 Å². The summed E-state index contributed by atoms with van der Waals surface area (Å²) in [5.41, 5.74) is 5.90. The molecule has 0 atom stereocenters. The van der Waals surface area contributed by atoms with Gasteiger partial charge in [0.25, 0.3) is 0 Å². The molecule has 1 aromatic rings. The van der Waals surface area contributed by atoms with Gasteiger partial charge in [0, 0.05) is 5.56 Å². The molecule has 0 spiro atoms. The van der Waals surface area contributed by atoms with Gasteiger partial charge in [-0.2, -0.15) is 0 Å². The first-order chi connectivity index (χ1) is 5.83. The van der Waals surface area contributed by atoms with E-state index in [-0.39, 0.29) is 5.70 Å². The van der Waals surface area contributed by atoms with E-state index in [1.165, 1.54) is 5.94 Å². The lowest BCUT2D eigenvalue weighted by Gasteiger charge is -1.84. The molecule has 2 nitrogen and oxygen atoms in total. The molecule has 0 amide bonds. The second-order valence-corrected chi connectivity index (χ2v) is 2.13. The maximum Gasteiger partial charge on any atom is 0.169 e. The third-order valence-corrected chi connectivity index (χ3v) is 1.23. The second-order valence-electron chi connectivity index (χ2n) is 2.13. The average molecular weight is 157 g/mol. The molecule has 2 N–H and O–H groups in total. The molecule has 0 saturated heterocycles. The Labute approximate surface area is 70.7 Å². The Morgan fingerprint density at radius 2 is 1.92 bits per heavy atom. The highest BCUT2D eigenvalue weighted by Gasteiger charge is 1.82. The van der Waals surface area contributed by atoms with Crippen molar-refractivity contribution in [2.45, 2.75) is 0 Å². The lowest BCUT2D eigenvalue weighted by atomic mass is 10.2. The monoisotopic (exact) mass is 157 g/mol. The summed E-state index contributed by atoms with van der Waals surface area (Å²) in [5.74, 6) is 6.70. The number of carbonyl (C=O) groups excluding carboxylic acids is 1. The quantitative estimate of drug-likeness (QED) is 0.445. The second kappa shape index (κ2) is 4.02. The average Bonchev–Trinajstić information content (AvgIpc) is 2.16. The van der Waals surface area contributed by atoms with Gasteiger partial charge < -0.3 is 5.73 Å². The normalized spacial score (nSPS) is 7.67. The highest BCUT2D eigenvalue weighted by atomic mass is 16.1. The van der Waals surface area contributed by atoms with E-state index in [1.54, 1.807) is 0 Å². The van der Waals surface area contributed by atoms with Crippen LogP contribution >= 0.6 is 0 Å². The first-order valence-electron chi connectivity index (χ1n) is 3.40. The summed E-state index contributed by atoms with van der Waals surface area (Å²) in [6.45, 7) is 0. The van der Waals surface area contributed by atoms with E-state index in [9.17, 15) is 4.79 Å². The lowest BCUT2D eigenvalue weighted by molar-refractivity contribution is 0.567. The van der Waals surface area contributed by atoms with E-state index >= 15 is 0 Å². The molecule has 0 unspecified atom stereocenters. The molecular weight excluding hydrogens is 150 g/mol. The summed E-state index contributed by atoms with van der Waals surface area (Å²) in [7, 11) is 0. The van der Waals surface area contributed by atoms with E-state index < -0.39 is 0 Å². The molecule has 0 heterocycles. The van der Waals surface area contributed by atoms with E-state index in [1.807, 2.05) is 30.3 Å². The van der Waals surface area contributed by atoms with E-state index in [0.29, 0.717) is 0 Å². The largest absolute Gasteiger partial charge is 0.383 e. The third kappa shape index (κ3) is 2.34. The number of rotatable bonds is 0. The standard InChI is InChI=1S/C10H7NO/c11-10(8-12)7-6-9-4-2-1-3-5-9/h1-5H,11H2. The maximum absolute atomic E-state index is 9.94. The molecule has 2 heteroatoms. The summed E-state index contributed by atoms with van der Waals surface area (Å²) in [6, 6.07) is 9.30. The number of hydrogen-bond donors (Lipinski definition) is 1. The van der Waals surface area contributed by atoms with Gasteiger partial charge in [0.15, 0.2) is 11.6 Å². The third-order valence-electron chi connectivity index (χ3n) is 1.23. The first-order valence-corrected chi connectivity index (χ1v) is 3.40. The van der Waals surface area contributed by atoms with Crippen molar-refractivity contribution in [3.05, 3.63) is 41.6 Å². The lowest BCUT2D eigenvalue weighted by Crippen LogP contribution is -1.92. The van der Waals surface area contributed by atoms with Crippen LogP contribution in [0.25, 0.3) is 0 Å². The van der Waals surface area contributed by atoms with Crippen LogP contribution in [0.4, 0.5) is 0 Å². The Balaban J connectivity index is 2.88. The molecule has 0 aliphatic heterocycles. The van der Waals surface area contributed by atoms with Gasteiger partial charge in [-0.3, -0.25) is 0 Å². The number of benzene rings is 1. The Hall–Kier alpha value is -1.97. The van der Waals surface area contributed by atoms with Crippen molar-refractivity contribution < 1.29 is 4.79 Å². The Kier molecular flexibility index (Phi) is 2.73. The molecule has 0 aromatic heterocycles. The van der Waals surface area contributed by atoms with Gasteiger partial charge in [-0.05, 0) is 18.1 Å². The highest BCUT2D eigenvalue weighted by Crippen LogP contribution is 1.94. The van der Waals surface area contributed by atoms with Crippen LogP contribution in [-0.4, -0.2) is 5.94 Å². The predicted molar refractivity (Wildman–Crippen MR) is 46.7 cm³/mol.